The first kappa shape index (κ1) is 18.4. The van der Waals surface area contributed by atoms with E-state index >= 15 is 0 Å². The van der Waals surface area contributed by atoms with Crippen molar-refractivity contribution in [3.63, 3.8) is 0 Å². The molecule has 0 saturated heterocycles. The normalized spacial score (nSPS) is 26.3. The molecule has 29 heavy (non-hydrogen) atoms. The second-order valence-electron chi connectivity index (χ2n) is 7.98. The third kappa shape index (κ3) is 2.96. The van der Waals surface area contributed by atoms with E-state index < -0.39 is 6.04 Å². The van der Waals surface area contributed by atoms with Gasteiger partial charge < -0.3 is 4.74 Å². The number of hydrogen-bond acceptors (Lipinski definition) is 4. The van der Waals surface area contributed by atoms with E-state index in [1.54, 1.807) is 23.2 Å². The standard InChI is InChI=1S/C23H21ClN2O3/c1-13-9-10-25-18(11-13)26-20(14-5-4-6-15(24)12-14)19-21(27)16-7-2-3-8-17(16)29-22(19)23(26)28/h4-6,9-12,16-17,20H,2-3,7-8H2,1H3. The van der Waals surface area contributed by atoms with E-state index in [2.05, 4.69) is 4.98 Å². The van der Waals surface area contributed by atoms with Crippen LogP contribution < -0.4 is 4.90 Å². The van der Waals surface area contributed by atoms with Gasteiger partial charge in [-0.1, -0.05) is 30.2 Å². The summed E-state index contributed by atoms with van der Waals surface area (Å²) in [5.41, 5.74) is 2.22. The Balaban J connectivity index is 1.68. The molecule has 1 saturated carbocycles. The molecular weight excluding hydrogens is 388 g/mol. The fraction of sp³-hybridized carbons (Fsp3) is 0.348. The Kier molecular flexibility index (Phi) is 4.43. The lowest BCUT2D eigenvalue weighted by molar-refractivity contribution is -0.131. The molecule has 2 aliphatic heterocycles. The molecule has 0 radical (unpaired) electrons. The summed E-state index contributed by atoms with van der Waals surface area (Å²) in [5.74, 6) is 0.243. The summed E-state index contributed by atoms with van der Waals surface area (Å²) < 4.78 is 6.17. The predicted octanol–water partition coefficient (Wildman–Crippen LogP) is 4.54. The number of carbonyl (C=O) groups is 2. The number of hydrogen-bond donors (Lipinski definition) is 0. The lowest BCUT2D eigenvalue weighted by Gasteiger charge is -2.35. The van der Waals surface area contributed by atoms with E-state index in [0.29, 0.717) is 16.4 Å². The van der Waals surface area contributed by atoms with Crippen molar-refractivity contribution in [3.05, 3.63) is 70.1 Å². The van der Waals surface area contributed by atoms with Crippen molar-refractivity contribution in [3.8, 4) is 0 Å². The second kappa shape index (κ2) is 6.99. The summed E-state index contributed by atoms with van der Waals surface area (Å²) >= 11 is 6.25. The molecule has 6 heteroatoms. The van der Waals surface area contributed by atoms with Gasteiger partial charge in [0, 0.05) is 11.2 Å². The Bertz CT molecular complexity index is 1050. The van der Waals surface area contributed by atoms with Crippen LogP contribution in [0.2, 0.25) is 5.02 Å². The number of ether oxygens (including phenoxy) is 1. The molecule has 5 nitrogen and oxygen atoms in total. The van der Waals surface area contributed by atoms with Crippen molar-refractivity contribution < 1.29 is 14.3 Å². The van der Waals surface area contributed by atoms with Crippen molar-refractivity contribution in [1.29, 1.82) is 0 Å². The van der Waals surface area contributed by atoms with Crippen LogP contribution in [0.3, 0.4) is 0 Å². The molecule has 2 aromatic rings. The number of carbonyl (C=O) groups excluding carboxylic acids is 2. The number of pyridine rings is 1. The van der Waals surface area contributed by atoms with Crippen molar-refractivity contribution in [2.45, 2.75) is 44.8 Å². The largest absolute Gasteiger partial charge is 0.483 e. The first-order chi connectivity index (χ1) is 14.0. The Morgan fingerprint density at radius 2 is 1.97 bits per heavy atom. The van der Waals surface area contributed by atoms with Gasteiger partial charge in [0.1, 0.15) is 11.9 Å². The zero-order chi connectivity index (χ0) is 20.1. The second-order valence-corrected chi connectivity index (χ2v) is 8.41. The number of ketones is 1. The van der Waals surface area contributed by atoms with E-state index in [4.69, 9.17) is 16.3 Å². The monoisotopic (exact) mass is 408 g/mol. The number of benzene rings is 1. The molecule has 3 heterocycles. The molecule has 1 aromatic carbocycles. The number of fused-ring (bicyclic) bond motifs is 1. The minimum absolute atomic E-state index is 0.0319. The number of aryl methyl sites for hydroxylation is 1. The summed E-state index contributed by atoms with van der Waals surface area (Å²) in [6.45, 7) is 1.95. The molecule has 1 amide bonds. The maximum atomic E-state index is 13.5. The number of halogens is 1. The van der Waals surface area contributed by atoms with Gasteiger partial charge in [-0.2, -0.15) is 0 Å². The Labute approximate surface area is 174 Å². The van der Waals surface area contributed by atoms with Crippen LogP contribution in [0.1, 0.15) is 42.9 Å². The Morgan fingerprint density at radius 1 is 1.14 bits per heavy atom. The van der Waals surface area contributed by atoms with E-state index in [9.17, 15) is 9.59 Å². The average Bonchev–Trinajstić information content (AvgIpc) is 3.01. The fourth-order valence-electron chi connectivity index (χ4n) is 4.73. The third-order valence-corrected chi connectivity index (χ3v) is 6.31. The molecule has 148 valence electrons. The van der Waals surface area contributed by atoms with Crippen molar-refractivity contribution in [1.82, 2.24) is 4.98 Å². The van der Waals surface area contributed by atoms with Crippen LogP contribution in [0.25, 0.3) is 0 Å². The van der Waals surface area contributed by atoms with Gasteiger partial charge in [-0.3, -0.25) is 14.5 Å². The summed E-state index contributed by atoms with van der Waals surface area (Å²) in [4.78, 5) is 33.0. The van der Waals surface area contributed by atoms with Crippen molar-refractivity contribution in [2.75, 3.05) is 4.90 Å². The quantitative estimate of drug-likeness (QED) is 0.731. The minimum Gasteiger partial charge on any atom is -0.483 e. The van der Waals surface area contributed by atoms with Crippen LogP contribution in [0.15, 0.2) is 53.9 Å². The van der Waals surface area contributed by atoms with E-state index in [1.807, 2.05) is 31.2 Å². The highest BCUT2D eigenvalue weighted by Gasteiger charge is 2.52. The lowest BCUT2D eigenvalue weighted by atomic mass is 9.77. The molecule has 0 bridgehead atoms. The van der Waals surface area contributed by atoms with Gasteiger partial charge in [0.25, 0.3) is 5.91 Å². The van der Waals surface area contributed by atoms with Gasteiger partial charge in [-0.05, 0) is 61.6 Å². The van der Waals surface area contributed by atoms with Gasteiger partial charge in [-0.25, -0.2) is 4.98 Å². The fourth-order valence-corrected chi connectivity index (χ4v) is 4.92. The van der Waals surface area contributed by atoms with Crippen molar-refractivity contribution in [2.24, 2.45) is 5.92 Å². The van der Waals surface area contributed by atoms with Crippen LogP contribution in [-0.2, 0) is 14.3 Å². The number of anilines is 1. The first-order valence-electron chi connectivity index (χ1n) is 10.0. The van der Waals surface area contributed by atoms with Crippen LogP contribution in [0.5, 0.6) is 0 Å². The molecule has 3 aliphatic rings. The summed E-state index contributed by atoms with van der Waals surface area (Å²) in [5, 5.41) is 0.556. The molecule has 0 spiro atoms. The predicted molar refractivity (Wildman–Crippen MR) is 110 cm³/mol. The molecule has 0 N–H and O–H groups in total. The molecular formula is C23H21ClN2O3. The third-order valence-electron chi connectivity index (χ3n) is 6.08. The minimum atomic E-state index is -0.583. The van der Waals surface area contributed by atoms with Crippen LogP contribution in [0.4, 0.5) is 5.82 Å². The van der Waals surface area contributed by atoms with Gasteiger partial charge in [0.2, 0.25) is 0 Å². The lowest BCUT2D eigenvalue weighted by Crippen LogP contribution is -2.39. The molecule has 1 fully saturated rings. The molecule has 5 rings (SSSR count). The maximum Gasteiger partial charge on any atom is 0.295 e. The highest BCUT2D eigenvalue weighted by atomic mass is 35.5. The number of rotatable bonds is 2. The highest BCUT2D eigenvalue weighted by Crippen LogP contribution is 2.48. The number of amides is 1. The van der Waals surface area contributed by atoms with E-state index in [1.165, 1.54) is 0 Å². The first-order valence-corrected chi connectivity index (χ1v) is 10.4. The smallest absolute Gasteiger partial charge is 0.295 e. The van der Waals surface area contributed by atoms with Gasteiger partial charge in [-0.15, -0.1) is 0 Å². The summed E-state index contributed by atoms with van der Waals surface area (Å²) in [6, 6.07) is 10.5. The summed E-state index contributed by atoms with van der Waals surface area (Å²) in [6.07, 6.45) is 5.12. The Morgan fingerprint density at radius 3 is 2.76 bits per heavy atom. The average molecular weight is 409 g/mol. The Hall–Kier alpha value is -2.66. The van der Waals surface area contributed by atoms with Crippen molar-refractivity contribution >= 4 is 29.1 Å². The van der Waals surface area contributed by atoms with Crippen LogP contribution >= 0.6 is 11.6 Å². The van der Waals surface area contributed by atoms with Gasteiger partial charge in [0.15, 0.2) is 11.5 Å². The zero-order valence-electron chi connectivity index (χ0n) is 16.1. The zero-order valence-corrected chi connectivity index (χ0v) is 16.9. The maximum absolute atomic E-state index is 13.5. The summed E-state index contributed by atoms with van der Waals surface area (Å²) in [7, 11) is 0. The number of aromatic nitrogens is 1. The number of Topliss-reactive ketones (excluding diaryl/α,β-unsaturated/α-hetero) is 1. The highest BCUT2D eigenvalue weighted by molar-refractivity contribution is 6.30. The SMILES string of the molecule is Cc1ccnc(N2C(=O)C3=C(C(=O)C4CCCCC4O3)C2c2cccc(Cl)c2)c1. The van der Waals surface area contributed by atoms with Gasteiger partial charge in [0.05, 0.1) is 17.5 Å². The molecule has 1 aromatic heterocycles. The molecule has 3 atom stereocenters. The molecule has 1 aliphatic carbocycles. The molecule has 3 unspecified atom stereocenters. The van der Waals surface area contributed by atoms with Crippen LogP contribution in [0, 0.1) is 12.8 Å². The van der Waals surface area contributed by atoms with Gasteiger partial charge >= 0.3 is 0 Å². The number of nitrogens with zero attached hydrogens (tertiary/aromatic N) is 2. The van der Waals surface area contributed by atoms with Crippen LogP contribution in [-0.4, -0.2) is 22.8 Å². The van der Waals surface area contributed by atoms with E-state index in [0.717, 1.165) is 36.8 Å². The topological polar surface area (TPSA) is 59.5 Å². The van der Waals surface area contributed by atoms with E-state index in [-0.39, 0.29) is 29.5 Å².